The molecule has 0 aliphatic carbocycles. The van der Waals surface area contributed by atoms with Crippen molar-refractivity contribution in [3.8, 4) is 0 Å². The Morgan fingerprint density at radius 2 is 2.05 bits per heavy atom. The van der Waals surface area contributed by atoms with Crippen LogP contribution in [0.2, 0.25) is 0 Å². The molecule has 0 amide bonds. The number of fused-ring (bicyclic) bond motifs is 1. The zero-order valence-electron chi connectivity index (χ0n) is 11.3. The number of aldehydes is 1. The number of rotatable bonds is 6. The van der Waals surface area contributed by atoms with Crippen molar-refractivity contribution < 1.29 is 18.3 Å². The van der Waals surface area contributed by atoms with Gasteiger partial charge < -0.3 is 14.6 Å². The lowest BCUT2D eigenvalue weighted by atomic mass is 10.2. The summed E-state index contributed by atoms with van der Waals surface area (Å²) in [5.74, 6) is 0. The van der Waals surface area contributed by atoms with Crippen LogP contribution < -0.4 is 5.32 Å². The van der Waals surface area contributed by atoms with Crippen LogP contribution in [0.1, 0.15) is 10.5 Å². The SMILES string of the molecule is CNc1ccc2c(c1)cc(C=O)n2C(CF)(CF)OC. The van der Waals surface area contributed by atoms with E-state index in [1.165, 1.54) is 11.7 Å². The van der Waals surface area contributed by atoms with Gasteiger partial charge in [-0.15, -0.1) is 0 Å². The first-order valence-electron chi connectivity index (χ1n) is 6.11. The molecule has 1 N–H and O–H groups in total. The van der Waals surface area contributed by atoms with Gasteiger partial charge in [-0.3, -0.25) is 4.79 Å². The van der Waals surface area contributed by atoms with Crippen LogP contribution in [0.25, 0.3) is 10.9 Å². The Morgan fingerprint density at radius 1 is 1.35 bits per heavy atom. The summed E-state index contributed by atoms with van der Waals surface area (Å²) in [6.45, 7) is -2.14. The summed E-state index contributed by atoms with van der Waals surface area (Å²) in [6.07, 6.45) is 0.568. The largest absolute Gasteiger partial charge is 0.388 e. The molecule has 2 rings (SSSR count). The lowest BCUT2D eigenvalue weighted by Crippen LogP contribution is -2.41. The number of hydrogen-bond acceptors (Lipinski definition) is 3. The molecule has 20 heavy (non-hydrogen) atoms. The van der Waals surface area contributed by atoms with Crippen LogP contribution in [0, 0.1) is 0 Å². The van der Waals surface area contributed by atoms with Crippen LogP contribution in [0.3, 0.4) is 0 Å². The lowest BCUT2D eigenvalue weighted by molar-refractivity contribution is -0.107. The summed E-state index contributed by atoms with van der Waals surface area (Å²) < 4.78 is 33.0. The smallest absolute Gasteiger partial charge is 0.202 e. The van der Waals surface area contributed by atoms with Gasteiger partial charge in [-0.25, -0.2) is 8.78 Å². The molecule has 1 aromatic carbocycles. The lowest BCUT2D eigenvalue weighted by Gasteiger charge is -2.30. The zero-order valence-corrected chi connectivity index (χ0v) is 11.3. The van der Waals surface area contributed by atoms with E-state index in [0.717, 1.165) is 5.69 Å². The Morgan fingerprint density at radius 3 is 2.55 bits per heavy atom. The molecule has 4 nitrogen and oxygen atoms in total. The van der Waals surface area contributed by atoms with E-state index < -0.39 is 19.1 Å². The highest BCUT2D eigenvalue weighted by Gasteiger charge is 2.35. The highest BCUT2D eigenvalue weighted by Crippen LogP contribution is 2.30. The van der Waals surface area contributed by atoms with E-state index in [0.29, 0.717) is 17.2 Å². The number of nitrogens with zero attached hydrogens (tertiary/aromatic N) is 1. The maximum Gasteiger partial charge on any atom is 0.202 e. The second kappa shape index (κ2) is 5.58. The number of benzene rings is 1. The number of halogens is 2. The fourth-order valence-electron chi connectivity index (χ4n) is 2.29. The number of alkyl halides is 2. The van der Waals surface area contributed by atoms with Crippen LogP contribution in [-0.2, 0) is 10.5 Å². The van der Waals surface area contributed by atoms with E-state index in [1.54, 1.807) is 31.3 Å². The van der Waals surface area contributed by atoms with E-state index in [9.17, 15) is 13.6 Å². The van der Waals surface area contributed by atoms with Gasteiger partial charge in [0.05, 0.1) is 11.2 Å². The van der Waals surface area contributed by atoms with Gasteiger partial charge in [-0.2, -0.15) is 0 Å². The van der Waals surface area contributed by atoms with Gasteiger partial charge in [0.15, 0.2) is 6.29 Å². The maximum atomic E-state index is 13.4. The number of carbonyl (C=O) groups is 1. The van der Waals surface area contributed by atoms with Gasteiger partial charge in [-0.05, 0) is 24.3 Å². The third-order valence-corrected chi connectivity index (χ3v) is 3.44. The van der Waals surface area contributed by atoms with Crippen LogP contribution in [-0.4, -0.2) is 38.4 Å². The van der Waals surface area contributed by atoms with E-state index in [-0.39, 0.29) is 5.69 Å². The predicted molar refractivity (Wildman–Crippen MR) is 73.8 cm³/mol. The Bertz CT molecular complexity index is 613. The normalized spacial score (nSPS) is 11.8. The highest BCUT2D eigenvalue weighted by atomic mass is 19.1. The van der Waals surface area contributed by atoms with E-state index >= 15 is 0 Å². The van der Waals surface area contributed by atoms with Crippen LogP contribution in [0.5, 0.6) is 0 Å². The number of ether oxygens (including phenoxy) is 1. The second-order valence-corrected chi connectivity index (χ2v) is 4.46. The van der Waals surface area contributed by atoms with Gasteiger partial charge in [-0.1, -0.05) is 0 Å². The summed E-state index contributed by atoms with van der Waals surface area (Å²) in [7, 11) is 2.99. The zero-order chi connectivity index (χ0) is 14.8. The Labute approximate surface area is 115 Å². The molecular formula is C14H16F2N2O2. The second-order valence-electron chi connectivity index (χ2n) is 4.46. The average molecular weight is 282 g/mol. The van der Waals surface area contributed by atoms with Crippen molar-refractivity contribution in [2.24, 2.45) is 0 Å². The summed E-state index contributed by atoms with van der Waals surface area (Å²) in [5.41, 5.74) is -0.247. The van der Waals surface area contributed by atoms with Crippen molar-refractivity contribution in [1.29, 1.82) is 0 Å². The molecule has 0 fully saturated rings. The first-order chi connectivity index (χ1) is 9.65. The molecule has 1 heterocycles. The van der Waals surface area contributed by atoms with Crippen molar-refractivity contribution in [3.05, 3.63) is 30.0 Å². The molecule has 0 unspecified atom stereocenters. The van der Waals surface area contributed by atoms with Crippen LogP contribution in [0.4, 0.5) is 14.5 Å². The standard InChI is InChI=1S/C14H16F2N2O2/c1-17-11-3-4-13-10(5-11)6-12(7-19)18(13)14(8-15,9-16)20-2/h3-7,17H,8-9H2,1-2H3. The van der Waals surface area contributed by atoms with Crippen molar-refractivity contribution in [2.75, 3.05) is 32.8 Å². The molecule has 0 spiro atoms. The molecule has 2 aromatic rings. The van der Waals surface area contributed by atoms with Crippen molar-refractivity contribution >= 4 is 22.9 Å². The summed E-state index contributed by atoms with van der Waals surface area (Å²) in [4.78, 5) is 11.2. The Kier molecular flexibility index (Phi) is 4.04. The van der Waals surface area contributed by atoms with Gasteiger partial charge in [0.1, 0.15) is 13.3 Å². The summed E-state index contributed by atoms with van der Waals surface area (Å²) in [6, 6.07) is 6.86. The Balaban J connectivity index is 2.76. The number of methoxy groups -OCH3 is 1. The molecule has 108 valence electrons. The van der Waals surface area contributed by atoms with Crippen molar-refractivity contribution in [3.63, 3.8) is 0 Å². The van der Waals surface area contributed by atoms with Crippen LogP contribution in [0.15, 0.2) is 24.3 Å². The number of hydrogen-bond donors (Lipinski definition) is 1. The fourth-order valence-corrected chi connectivity index (χ4v) is 2.29. The third kappa shape index (κ3) is 2.06. The maximum absolute atomic E-state index is 13.4. The molecule has 0 aliphatic rings. The number of carbonyl (C=O) groups excluding carboxylic acids is 1. The number of aromatic nitrogens is 1. The fraction of sp³-hybridized carbons (Fsp3) is 0.357. The van der Waals surface area contributed by atoms with Gasteiger partial charge in [0.2, 0.25) is 5.72 Å². The number of anilines is 1. The topological polar surface area (TPSA) is 43.3 Å². The van der Waals surface area contributed by atoms with E-state index in [4.69, 9.17) is 4.74 Å². The molecule has 0 saturated carbocycles. The average Bonchev–Trinajstić information content (AvgIpc) is 2.88. The van der Waals surface area contributed by atoms with Crippen molar-refractivity contribution in [1.82, 2.24) is 4.57 Å². The number of nitrogens with one attached hydrogen (secondary N) is 1. The molecule has 0 radical (unpaired) electrons. The van der Waals surface area contributed by atoms with Gasteiger partial charge in [0.25, 0.3) is 0 Å². The quantitative estimate of drug-likeness (QED) is 0.828. The molecule has 0 aliphatic heterocycles. The van der Waals surface area contributed by atoms with E-state index in [2.05, 4.69) is 5.32 Å². The minimum atomic E-state index is -1.81. The first-order valence-corrected chi connectivity index (χ1v) is 6.11. The Hall–Kier alpha value is -1.95. The van der Waals surface area contributed by atoms with Gasteiger partial charge in [0, 0.05) is 25.2 Å². The molecule has 6 heteroatoms. The predicted octanol–water partition coefficient (Wildman–Crippen LogP) is 2.73. The molecule has 0 atom stereocenters. The highest BCUT2D eigenvalue weighted by molar-refractivity contribution is 5.91. The minimum absolute atomic E-state index is 0.172. The monoisotopic (exact) mass is 282 g/mol. The first kappa shape index (κ1) is 14.5. The third-order valence-electron chi connectivity index (χ3n) is 3.44. The van der Waals surface area contributed by atoms with Crippen molar-refractivity contribution in [2.45, 2.75) is 5.72 Å². The van der Waals surface area contributed by atoms with Gasteiger partial charge >= 0.3 is 0 Å². The van der Waals surface area contributed by atoms with Crippen LogP contribution >= 0.6 is 0 Å². The molecule has 0 saturated heterocycles. The summed E-state index contributed by atoms with van der Waals surface area (Å²) >= 11 is 0. The molecule has 0 bridgehead atoms. The minimum Gasteiger partial charge on any atom is -0.388 e. The molecular weight excluding hydrogens is 266 g/mol. The molecule has 1 aromatic heterocycles. The summed E-state index contributed by atoms with van der Waals surface area (Å²) in [5, 5.41) is 3.68. The van der Waals surface area contributed by atoms with E-state index in [1.807, 2.05) is 0 Å².